The van der Waals surface area contributed by atoms with Gasteiger partial charge in [0.25, 0.3) is 17.3 Å². The Kier molecular flexibility index (Phi) is 11.9. The number of aromatic amines is 1. The molecule has 0 bridgehead atoms. The van der Waals surface area contributed by atoms with Gasteiger partial charge in [-0.3, -0.25) is 29.5 Å². The maximum atomic E-state index is 14.6. The number of carboxylic acids is 1. The first-order valence-corrected chi connectivity index (χ1v) is 18.2. The van der Waals surface area contributed by atoms with Crippen LogP contribution in [0.2, 0.25) is 0 Å². The second-order valence-corrected chi connectivity index (χ2v) is 14.1. The lowest BCUT2D eigenvalue weighted by molar-refractivity contribution is -0.145. The highest BCUT2D eigenvalue weighted by atomic mass is 16.6. The summed E-state index contributed by atoms with van der Waals surface area (Å²) in [5.41, 5.74) is 1.76. The monoisotopic (exact) mass is 768 g/mol. The number of anilines is 2. The van der Waals surface area contributed by atoms with Gasteiger partial charge in [-0.15, -0.1) is 0 Å². The predicted molar refractivity (Wildman–Crippen MR) is 209 cm³/mol. The van der Waals surface area contributed by atoms with E-state index in [1.807, 2.05) is 84.9 Å². The molecule has 0 saturated carbocycles. The van der Waals surface area contributed by atoms with E-state index in [9.17, 15) is 34.5 Å². The number of carbonyl (C=O) groups is 3. The molecular weight excluding hydrogens is 722 g/mol. The molecule has 3 heterocycles. The Labute approximate surface area is 323 Å². The number of fused-ring (bicyclic) bond motifs is 1. The summed E-state index contributed by atoms with van der Waals surface area (Å²) in [6.07, 6.45) is -3.99. The van der Waals surface area contributed by atoms with Crippen molar-refractivity contribution in [2.75, 3.05) is 43.5 Å². The molecule has 1 unspecified atom stereocenters. The van der Waals surface area contributed by atoms with E-state index in [-0.39, 0.29) is 36.6 Å². The number of hydrogen-bond donors (Lipinski definition) is 5. The number of benzene rings is 3. The van der Waals surface area contributed by atoms with Gasteiger partial charge in [0.2, 0.25) is 23.8 Å². The van der Waals surface area contributed by atoms with Crippen LogP contribution in [0.4, 0.5) is 23.1 Å². The lowest BCUT2D eigenvalue weighted by Gasteiger charge is -2.38. The number of carbonyl (C=O) groups excluding carboxylic acids is 2. The molecule has 56 heavy (non-hydrogen) atoms. The van der Waals surface area contributed by atoms with Gasteiger partial charge in [0.05, 0.1) is 19.3 Å². The Bertz CT molecular complexity index is 2070. The molecule has 2 amide bonds. The zero-order valence-corrected chi connectivity index (χ0v) is 31.5. The summed E-state index contributed by atoms with van der Waals surface area (Å²) >= 11 is 0. The predicted octanol–water partition coefficient (Wildman–Crippen LogP) is 3.03. The topological polar surface area (TPSA) is 207 Å². The smallest absolute Gasteiger partial charge is 0.323 e. The summed E-state index contributed by atoms with van der Waals surface area (Å²) < 4.78 is 10.7. The maximum Gasteiger partial charge on any atom is 0.323 e. The summed E-state index contributed by atoms with van der Waals surface area (Å²) in [4.78, 5) is 67.4. The van der Waals surface area contributed by atoms with Crippen LogP contribution in [0.1, 0.15) is 37.9 Å². The molecule has 5 N–H and O–H groups in total. The maximum absolute atomic E-state index is 14.6. The molecular formula is C40H46N7O9+. The number of aliphatic carboxylic acids is 1. The molecule has 3 aromatic carbocycles. The number of ether oxygens (including phenoxy) is 2. The highest BCUT2D eigenvalue weighted by Crippen LogP contribution is 2.41. The molecule has 1 saturated heterocycles. The van der Waals surface area contributed by atoms with Gasteiger partial charge in [0.1, 0.15) is 18.4 Å². The standard InChI is InChI=1S/C40H45N7O9/c1-24(2)37(53)43-40-42-36-32(38(54)44-40)41-23-47(36,39-35(52)34(51)25(3)56-39)22-30(48)45(21-31(49)50)19-20-46(28-15-17-29(55-4)18-16-28)33(26-11-7-5-8-12-26)27-13-9-6-10-14-27/h5-18,23-25,33-35,39,51-52H,19-22H2,1-4H3,(H2-,42,43,44,49,50,53,54)/p+1/t25-,34-,35-,39-,47?/m1/s1. The van der Waals surface area contributed by atoms with Gasteiger partial charge in [0.15, 0.2) is 19.0 Å². The molecule has 0 aliphatic carbocycles. The number of hydrogen-bond acceptors (Lipinski definition) is 11. The quantitative estimate of drug-likeness (QED) is 0.111. The number of aliphatic imine (C=N–C) groups is 1. The number of methoxy groups -OCH3 is 1. The third-order valence-electron chi connectivity index (χ3n) is 9.99. The zero-order chi connectivity index (χ0) is 40.1. The molecule has 6 rings (SSSR count). The van der Waals surface area contributed by atoms with Crippen molar-refractivity contribution in [3.8, 4) is 5.75 Å². The summed E-state index contributed by atoms with van der Waals surface area (Å²) in [6.45, 7) is 3.64. The number of quaternary nitrogens is 1. The number of carboxylic acid groups (broad SMARTS) is 1. The minimum atomic E-state index is -1.57. The van der Waals surface area contributed by atoms with Crippen LogP contribution in [0.15, 0.2) is 94.7 Å². The second-order valence-electron chi connectivity index (χ2n) is 14.1. The summed E-state index contributed by atoms with van der Waals surface area (Å²) in [6, 6.07) is 26.7. The normalized spacial score (nSPS) is 21.2. The number of aromatic nitrogens is 2. The van der Waals surface area contributed by atoms with Crippen molar-refractivity contribution >= 4 is 47.3 Å². The number of nitrogens with one attached hydrogen (secondary N) is 2. The summed E-state index contributed by atoms with van der Waals surface area (Å²) in [5.74, 6) is -2.59. The molecule has 0 spiro atoms. The van der Waals surface area contributed by atoms with Crippen molar-refractivity contribution in [2.24, 2.45) is 10.9 Å². The van der Waals surface area contributed by atoms with Gasteiger partial charge >= 0.3 is 5.97 Å². The van der Waals surface area contributed by atoms with E-state index in [4.69, 9.17) is 9.47 Å². The van der Waals surface area contributed by atoms with E-state index in [1.165, 1.54) is 11.2 Å². The van der Waals surface area contributed by atoms with E-state index in [0.29, 0.717) is 5.75 Å². The molecule has 5 atom stereocenters. The SMILES string of the molecule is COc1ccc(N(CCN(CC(=O)O)C(=O)C[N+]2([C@@H]3O[C@H](C)[C@@H](O)[C@H]3O)C=Nc3c2nc(NC(=O)C(C)C)[nH]c3=O)C(c2ccccc2)c2ccccc2)cc1. The number of H-pyrrole nitrogens is 1. The van der Waals surface area contributed by atoms with E-state index in [0.717, 1.165) is 16.8 Å². The Morgan fingerprint density at radius 1 is 0.946 bits per heavy atom. The van der Waals surface area contributed by atoms with Crippen molar-refractivity contribution in [3.63, 3.8) is 0 Å². The van der Waals surface area contributed by atoms with Gasteiger partial charge in [0, 0.05) is 24.7 Å². The third-order valence-corrected chi connectivity index (χ3v) is 9.99. The van der Waals surface area contributed by atoms with Gasteiger partial charge in [-0.05, 0) is 42.3 Å². The third kappa shape index (κ3) is 8.18. The first-order chi connectivity index (χ1) is 26.8. The number of rotatable bonds is 15. The van der Waals surface area contributed by atoms with Crippen LogP contribution in [0.25, 0.3) is 0 Å². The highest BCUT2D eigenvalue weighted by Gasteiger charge is 2.58. The van der Waals surface area contributed by atoms with Crippen LogP contribution in [0.5, 0.6) is 5.75 Å². The van der Waals surface area contributed by atoms with Crippen LogP contribution in [-0.4, -0.2) is 112 Å². The lowest BCUT2D eigenvalue weighted by Crippen LogP contribution is -2.64. The van der Waals surface area contributed by atoms with E-state index in [2.05, 4.69) is 25.2 Å². The molecule has 16 nitrogen and oxygen atoms in total. The fourth-order valence-electron chi connectivity index (χ4n) is 7.01. The minimum absolute atomic E-state index is 0.0804. The first kappa shape index (κ1) is 39.7. The lowest BCUT2D eigenvalue weighted by atomic mass is 9.96. The average molecular weight is 769 g/mol. The highest BCUT2D eigenvalue weighted by molar-refractivity contribution is 5.95. The van der Waals surface area contributed by atoms with Gasteiger partial charge in [-0.1, -0.05) is 74.5 Å². The van der Waals surface area contributed by atoms with E-state index in [1.54, 1.807) is 27.9 Å². The Balaban J connectivity index is 1.39. The van der Waals surface area contributed by atoms with Crippen LogP contribution < -0.4 is 25.0 Å². The average Bonchev–Trinajstić information content (AvgIpc) is 3.68. The molecule has 1 aromatic heterocycles. The van der Waals surface area contributed by atoms with Gasteiger partial charge in [-0.2, -0.15) is 14.5 Å². The van der Waals surface area contributed by atoms with Gasteiger partial charge < -0.3 is 34.6 Å². The number of nitrogens with zero attached hydrogens (tertiary/aromatic N) is 5. The Morgan fingerprint density at radius 2 is 1.57 bits per heavy atom. The second kappa shape index (κ2) is 16.8. The number of aliphatic hydroxyl groups is 2. The zero-order valence-electron chi connectivity index (χ0n) is 31.5. The van der Waals surface area contributed by atoms with Crippen LogP contribution in [0.3, 0.4) is 0 Å². The minimum Gasteiger partial charge on any atom is -0.497 e. The molecule has 2 aliphatic rings. The molecule has 16 heteroatoms. The Hall–Kier alpha value is -5.94. The first-order valence-electron chi connectivity index (χ1n) is 18.2. The molecule has 294 valence electrons. The summed E-state index contributed by atoms with van der Waals surface area (Å²) in [7, 11) is 1.57. The van der Waals surface area contributed by atoms with Crippen molar-refractivity contribution in [2.45, 2.75) is 51.4 Å². The fourth-order valence-corrected chi connectivity index (χ4v) is 7.01. The largest absolute Gasteiger partial charge is 0.497 e. The Morgan fingerprint density at radius 3 is 2.11 bits per heavy atom. The van der Waals surface area contributed by atoms with E-state index >= 15 is 0 Å². The van der Waals surface area contributed by atoms with Crippen LogP contribution in [0, 0.1) is 5.92 Å². The van der Waals surface area contributed by atoms with Crippen molar-refractivity contribution in [1.82, 2.24) is 19.4 Å². The van der Waals surface area contributed by atoms with E-state index < -0.39 is 71.4 Å². The van der Waals surface area contributed by atoms with Crippen LogP contribution >= 0.6 is 0 Å². The fraction of sp³-hybridized carbons (Fsp3) is 0.350. The van der Waals surface area contributed by atoms with Gasteiger partial charge in [-0.25, -0.2) is 0 Å². The summed E-state index contributed by atoms with van der Waals surface area (Å²) in [5, 5.41) is 34.7. The van der Waals surface area contributed by atoms with Crippen LogP contribution in [-0.2, 0) is 19.1 Å². The molecule has 2 aliphatic heterocycles. The number of amides is 2. The number of aliphatic hydroxyl groups excluding tert-OH is 2. The van der Waals surface area contributed by atoms with Crippen molar-refractivity contribution in [3.05, 3.63) is 106 Å². The molecule has 4 aromatic rings. The molecule has 0 radical (unpaired) electrons. The molecule has 1 fully saturated rings. The van der Waals surface area contributed by atoms with Crippen molar-refractivity contribution in [1.29, 1.82) is 0 Å². The van der Waals surface area contributed by atoms with Crippen molar-refractivity contribution < 1.29 is 39.2 Å².